The molecule has 0 aliphatic rings. The summed E-state index contributed by atoms with van der Waals surface area (Å²) in [6.45, 7) is 1.48. The van der Waals surface area contributed by atoms with Gasteiger partial charge in [0.1, 0.15) is 11.3 Å². The quantitative estimate of drug-likeness (QED) is 0.466. The van der Waals surface area contributed by atoms with Crippen LogP contribution in [0.2, 0.25) is 0 Å². The Kier molecular flexibility index (Phi) is 5.49. The smallest absolute Gasteiger partial charge is 0.221 e. The number of hydrogen-bond acceptors (Lipinski definition) is 6. The van der Waals surface area contributed by atoms with Gasteiger partial charge < -0.3 is 23.9 Å². The molecule has 0 aliphatic carbocycles. The molecule has 4 rings (SSSR count). The minimum Gasteiger partial charge on any atom is -0.493 e. The van der Waals surface area contributed by atoms with Crippen LogP contribution in [0, 0.1) is 0 Å². The molecule has 0 saturated heterocycles. The van der Waals surface area contributed by atoms with Crippen LogP contribution in [0.3, 0.4) is 0 Å². The van der Waals surface area contributed by atoms with Crippen molar-refractivity contribution in [2.75, 3.05) is 26.6 Å². The van der Waals surface area contributed by atoms with Gasteiger partial charge in [0.25, 0.3) is 0 Å². The third-order valence-electron chi connectivity index (χ3n) is 4.89. The van der Waals surface area contributed by atoms with Gasteiger partial charge in [-0.05, 0) is 24.3 Å². The first-order valence-electron chi connectivity index (χ1n) is 9.61. The topological polar surface area (TPSA) is 82.8 Å². The zero-order valence-corrected chi connectivity index (χ0v) is 17.7. The first kappa shape index (κ1) is 20.3. The maximum absolute atomic E-state index is 11.6. The van der Waals surface area contributed by atoms with E-state index in [1.54, 1.807) is 27.5 Å². The molecule has 0 saturated carbocycles. The van der Waals surface area contributed by atoms with E-state index in [2.05, 4.69) is 10.3 Å². The maximum Gasteiger partial charge on any atom is 0.221 e. The normalized spacial score (nSPS) is 10.7. The average molecular weight is 418 g/mol. The van der Waals surface area contributed by atoms with E-state index < -0.39 is 0 Å². The number of carbonyl (C=O) groups excluding carboxylic acids is 1. The molecule has 0 unspecified atom stereocenters. The summed E-state index contributed by atoms with van der Waals surface area (Å²) in [7, 11) is 4.70. The van der Waals surface area contributed by atoms with E-state index in [1.165, 1.54) is 6.92 Å². The van der Waals surface area contributed by atoms with Crippen LogP contribution < -0.4 is 19.5 Å². The van der Waals surface area contributed by atoms with Gasteiger partial charge in [-0.15, -0.1) is 0 Å². The molecule has 0 radical (unpaired) electrons. The Labute approximate surface area is 179 Å². The van der Waals surface area contributed by atoms with Crippen molar-refractivity contribution in [3.05, 3.63) is 54.7 Å². The zero-order valence-electron chi connectivity index (χ0n) is 17.7. The molecule has 158 valence electrons. The van der Waals surface area contributed by atoms with E-state index in [1.807, 2.05) is 48.5 Å². The van der Waals surface area contributed by atoms with Crippen LogP contribution >= 0.6 is 0 Å². The van der Waals surface area contributed by atoms with Crippen molar-refractivity contribution in [1.29, 1.82) is 0 Å². The lowest BCUT2D eigenvalue weighted by Crippen LogP contribution is -2.06. The molecule has 31 heavy (non-hydrogen) atoms. The number of para-hydroxylation sites is 1. The van der Waals surface area contributed by atoms with Crippen LogP contribution in [0.4, 0.5) is 5.69 Å². The highest BCUT2D eigenvalue weighted by atomic mass is 16.5. The van der Waals surface area contributed by atoms with Gasteiger partial charge in [0, 0.05) is 41.6 Å². The Morgan fingerprint density at radius 3 is 2.29 bits per heavy atom. The third-order valence-corrected chi connectivity index (χ3v) is 4.89. The van der Waals surface area contributed by atoms with Crippen molar-refractivity contribution in [1.82, 2.24) is 4.98 Å². The van der Waals surface area contributed by atoms with Gasteiger partial charge in [-0.25, -0.2) is 0 Å². The molecule has 0 bridgehead atoms. The molecule has 2 aromatic carbocycles. The predicted molar refractivity (Wildman–Crippen MR) is 119 cm³/mol. The fourth-order valence-corrected chi connectivity index (χ4v) is 3.53. The van der Waals surface area contributed by atoms with E-state index in [9.17, 15) is 4.79 Å². The van der Waals surface area contributed by atoms with Crippen LogP contribution in [0.1, 0.15) is 6.92 Å². The summed E-state index contributed by atoms with van der Waals surface area (Å²) in [6.07, 6.45) is 1.72. The summed E-state index contributed by atoms with van der Waals surface area (Å²) in [6, 6.07) is 14.9. The summed E-state index contributed by atoms with van der Waals surface area (Å²) < 4.78 is 22.6. The number of anilines is 1. The van der Waals surface area contributed by atoms with Gasteiger partial charge in [0.15, 0.2) is 17.1 Å². The molecule has 7 nitrogen and oxygen atoms in total. The van der Waals surface area contributed by atoms with Crippen molar-refractivity contribution >= 4 is 22.7 Å². The first-order valence-corrected chi connectivity index (χ1v) is 9.61. The fourth-order valence-electron chi connectivity index (χ4n) is 3.53. The van der Waals surface area contributed by atoms with Crippen molar-refractivity contribution in [2.45, 2.75) is 6.92 Å². The number of amides is 1. The summed E-state index contributed by atoms with van der Waals surface area (Å²) in [5.41, 5.74) is 4.44. The predicted octanol–water partition coefficient (Wildman–Crippen LogP) is 5.15. The highest BCUT2D eigenvalue weighted by Gasteiger charge is 2.19. The number of nitrogens with zero attached hydrogens (tertiary/aromatic N) is 1. The Bertz CT molecular complexity index is 1240. The molecule has 0 atom stereocenters. The Morgan fingerprint density at radius 1 is 0.935 bits per heavy atom. The molecular formula is C24H22N2O5. The minimum absolute atomic E-state index is 0.143. The van der Waals surface area contributed by atoms with Gasteiger partial charge in [0.2, 0.25) is 11.7 Å². The van der Waals surface area contributed by atoms with E-state index in [0.717, 1.165) is 16.7 Å². The van der Waals surface area contributed by atoms with E-state index >= 15 is 0 Å². The van der Waals surface area contributed by atoms with Gasteiger partial charge >= 0.3 is 0 Å². The zero-order chi connectivity index (χ0) is 22.0. The molecule has 7 heteroatoms. The summed E-state index contributed by atoms with van der Waals surface area (Å²) in [4.78, 5) is 16.1. The third kappa shape index (κ3) is 3.77. The van der Waals surface area contributed by atoms with Crippen molar-refractivity contribution in [2.24, 2.45) is 0 Å². The maximum atomic E-state index is 11.6. The number of fused-ring (bicyclic) bond motifs is 1. The van der Waals surface area contributed by atoms with E-state index in [4.69, 9.17) is 18.6 Å². The highest BCUT2D eigenvalue weighted by molar-refractivity contribution is 6.00. The number of ether oxygens (including phenoxy) is 3. The second-order valence-corrected chi connectivity index (χ2v) is 6.82. The second kappa shape index (κ2) is 8.39. The van der Waals surface area contributed by atoms with Crippen LogP contribution in [0.25, 0.3) is 33.6 Å². The van der Waals surface area contributed by atoms with Crippen LogP contribution in [-0.2, 0) is 4.79 Å². The molecule has 2 heterocycles. The number of methoxy groups -OCH3 is 3. The molecular weight excluding hydrogens is 396 g/mol. The lowest BCUT2D eigenvalue weighted by Gasteiger charge is -2.13. The fraction of sp³-hybridized carbons (Fsp3) is 0.167. The number of rotatable bonds is 6. The SMILES string of the molecule is COc1cc(-c2cc3nccc(-c4ccccc4NC(C)=O)c3o2)cc(OC)c1OC. The Morgan fingerprint density at radius 2 is 1.65 bits per heavy atom. The van der Waals surface area contributed by atoms with Crippen molar-refractivity contribution in [3.8, 4) is 39.7 Å². The summed E-state index contributed by atoms with van der Waals surface area (Å²) in [5, 5.41) is 2.87. The molecule has 4 aromatic rings. The van der Waals surface area contributed by atoms with Gasteiger partial charge in [-0.3, -0.25) is 9.78 Å². The second-order valence-electron chi connectivity index (χ2n) is 6.82. The highest BCUT2D eigenvalue weighted by Crippen LogP contribution is 2.43. The Hall–Kier alpha value is -4.00. The Balaban J connectivity index is 1.88. The standard InChI is InChI=1S/C24H22N2O5/c1-14(27)26-18-8-6-5-7-16(18)17-9-10-25-19-13-20(31-23(17)19)15-11-21(28-2)24(30-4)22(12-15)29-3/h5-13H,1-4H3,(H,26,27). The number of hydrogen-bond donors (Lipinski definition) is 1. The average Bonchev–Trinajstić information content (AvgIpc) is 3.22. The lowest BCUT2D eigenvalue weighted by molar-refractivity contribution is -0.114. The van der Waals surface area contributed by atoms with Crippen molar-refractivity contribution in [3.63, 3.8) is 0 Å². The molecule has 0 fully saturated rings. The largest absolute Gasteiger partial charge is 0.493 e. The number of furan rings is 1. The number of benzene rings is 2. The monoisotopic (exact) mass is 418 g/mol. The number of aromatic nitrogens is 1. The van der Waals surface area contributed by atoms with Gasteiger partial charge in [0.05, 0.1) is 21.3 Å². The molecule has 0 spiro atoms. The number of pyridine rings is 1. The van der Waals surface area contributed by atoms with Gasteiger partial charge in [-0.2, -0.15) is 0 Å². The summed E-state index contributed by atoms with van der Waals surface area (Å²) >= 11 is 0. The van der Waals surface area contributed by atoms with Crippen molar-refractivity contribution < 1.29 is 23.4 Å². The first-order chi connectivity index (χ1) is 15.0. The van der Waals surface area contributed by atoms with Crippen LogP contribution in [-0.4, -0.2) is 32.2 Å². The number of carbonyl (C=O) groups is 1. The lowest BCUT2D eigenvalue weighted by atomic mass is 10.0. The van der Waals surface area contributed by atoms with Crippen LogP contribution in [0.15, 0.2) is 59.1 Å². The molecule has 2 aromatic heterocycles. The minimum atomic E-state index is -0.143. The molecule has 1 amide bonds. The summed E-state index contributed by atoms with van der Waals surface area (Å²) in [5.74, 6) is 2.03. The molecule has 0 aliphatic heterocycles. The number of nitrogens with one attached hydrogen (secondary N) is 1. The van der Waals surface area contributed by atoms with E-state index in [-0.39, 0.29) is 5.91 Å². The van der Waals surface area contributed by atoms with Gasteiger partial charge in [-0.1, -0.05) is 18.2 Å². The van der Waals surface area contributed by atoms with Crippen LogP contribution in [0.5, 0.6) is 17.2 Å². The molecule has 1 N–H and O–H groups in total. The van der Waals surface area contributed by atoms with E-state index in [0.29, 0.717) is 39.8 Å².